The molecule has 1 aromatic rings. The molecular weight excluding hydrogens is 193 g/mol. The summed E-state index contributed by atoms with van der Waals surface area (Å²) in [6.07, 6.45) is -1.80. The van der Waals surface area contributed by atoms with Crippen LogP contribution < -0.4 is 9.80 Å². The first-order chi connectivity index (χ1) is 6.59. The summed E-state index contributed by atoms with van der Waals surface area (Å²) in [5.74, 6) is -1.68. The van der Waals surface area contributed by atoms with Crippen LogP contribution in [0.5, 0.6) is 5.75 Å². The van der Waals surface area contributed by atoms with E-state index in [0.29, 0.717) is 0 Å². The molecule has 5 nitrogen and oxygen atoms in total. The molecule has 1 heterocycles. The van der Waals surface area contributed by atoms with Gasteiger partial charge >= 0.3 is 5.91 Å². The van der Waals surface area contributed by atoms with Gasteiger partial charge in [0.1, 0.15) is 11.5 Å². The lowest BCUT2D eigenvalue weighted by Gasteiger charge is -2.26. The van der Waals surface area contributed by atoms with Crippen LogP contribution in [-0.2, 0) is 4.79 Å². The van der Waals surface area contributed by atoms with E-state index in [0.717, 1.165) is 12.1 Å². The summed E-state index contributed by atoms with van der Waals surface area (Å²) >= 11 is 0. The van der Waals surface area contributed by atoms with Gasteiger partial charge < -0.3 is 9.84 Å². The van der Waals surface area contributed by atoms with Crippen LogP contribution >= 0.6 is 0 Å². The molecule has 1 aliphatic heterocycles. The molecule has 0 saturated carbocycles. The Bertz CT molecular complexity index is 395. The number of rotatable bonds is 0. The van der Waals surface area contributed by atoms with Crippen molar-refractivity contribution in [3.8, 4) is 5.75 Å². The van der Waals surface area contributed by atoms with Crippen LogP contribution in [0.2, 0.25) is 0 Å². The van der Waals surface area contributed by atoms with Gasteiger partial charge in [0.15, 0.2) is 5.75 Å². The summed E-state index contributed by atoms with van der Waals surface area (Å²) < 4.78 is 17.4. The van der Waals surface area contributed by atoms with Crippen molar-refractivity contribution in [3.05, 3.63) is 24.0 Å². The third kappa shape index (κ3) is 1.21. The summed E-state index contributed by atoms with van der Waals surface area (Å²) in [6, 6.07) is 3.21. The van der Waals surface area contributed by atoms with E-state index >= 15 is 0 Å². The van der Waals surface area contributed by atoms with Gasteiger partial charge in [0.25, 0.3) is 6.29 Å². The minimum absolute atomic E-state index is 0.00157. The number of amides is 1. The molecule has 0 fully saturated rings. The highest BCUT2D eigenvalue weighted by atomic mass is 19.1. The minimum atomic E-state index is -1.80. The second-order valence-corrected chi connectivity index (χ2v) is 2.73. The highest BCUT2D eigenvalue weighted by molar-refractivity contribution is 5.96. The maximum absolute atomic E-state index is 12.7. The number of hydrogen-bond acceptors (Lipinski definition) is 4. The fourth-order valence-corrected chi connectivity index (χ4v) is 1.15. The number of aliphatic hydroxyl groups excluding tert-OH is 1. The van der Waals surface area contributed by atoms with Crippen LogP contribution in [0.1, 0.15) is 0 Å². The monoisotopic (exact) mass is 199 g/mol. The van der Waals surface area contributed by atoms with Gasteiger partial charge in [-0.3, -0.25) is 10.0 Å². The summed E-state index contributed by atoms with van der Waals surface area (Å²) in [7, 11) is 0. The van der Waals surface area contributed by atoms with Gasteiger partial charge in [0.05, 0.1) is 0 Å². The molecule has 0 aromatic heterocycles. The van der Waals surface area contributed by atoms with Gasteiger partial charge in [-0.1, -0.05) is 0 Å². The molecule has 1 aromatic carbocycles. The normalized spacial score (nSPS) is 20.4. The Labute approximate surface area is 77.9 Å². The van der Waals surface area contributed by atoms with Crippen LogP contribution in [-0.4, -0.2) is 22.5 Å². The summed E-state index contributed by atoms with van der Waals surface area (Å²) in [6.45, 7) is 0. The van der Waals surface area contributed by atoms with Crippen molar-refractivity contribution in [3.63, 3.8) is 0 Å². The van der Waals surface area contributed by atoms with E-state index in [1.54, 1.807) is 0 Å². The van der Waals surface area contributed by atoms with Crippen molar-refractivity contribution < 1.29 is 24.2 Å². The van der Waals surface area contributed by atoms with E-state index in [1.807, 2.05) is 0 Å². The standard InChI is InChI=1S/C8H6FNO4/c9-4-1-2-5-6(3-4)14-8(12)7(11)10(5)13/h1-3,8,12-13H. The summed E-state index contributed by atoms with van der Waals surface area (Å²) in [5.41, 5.74) is 0.00157. The zero-order chi connectivity index (χ0) is 10.3. The zero-order valence-corrected chi connectivity index (χ0v) is 6.85. The maximum atomic E-state index is 12.7. The number of carbonyl (C=O) groups excluding carboxylic acids is 1. The first kappa shape index (κ1) is 8.92. The second kappa shape index (κ2) is 2.93. The van der Waals surface area contributed by atoms with Crippen LogP contribution in [0.3, 0.4) is 0 Å². The molecule has 1 amide bonds. The van der Waals surface area contributed by atoms with Crippen molar-refractivity contribution in [2.24, 2.45) is 0 Å². The Balaban J connectivity index is 2.50. The van der Waals surface area contributed by atoms with Crippen LogP contribution in [0, 0.1) is 5.82 Å². The highest BCUT2D eigenvalue weighted by Gasteiger charge is 2.32. The molecule has 0 bridgehead atoms. The van der Waals surface area contributed by atoms with Crippen LogP contribution in [0.25, 0.3) is 0 Å². The molecule has 0 spiro atoms. The first-order valence-electron chi connectivity index (χ1n) is 3.77. The first-order valence-corrected chi connectivity index (χ1v) is 3.77. The Morgan fingerprint density at radius 1 is 1.50 bits per heavy atom. The lowest BCUT2D eigenvalue weighted by molar-refractivity contribution is -0.148. The van der Waals surface area contributed by atoms with E-state index < -0.39 is 18.0 Å². The van der Waals surface area contributed by atoms with Gasteiger partial charge in [-0.15, -0.1) is 0 Å². The molecule has 1 aliphatic rings. The lowest BCUT2D eigenvalue weighted by atomic mass is 10.2. The number of halogens is 1. The van der Waals surface area contributed by atoms with Crippen molar-refractivity contribution in [1.29, 1.82) is 0 Å². The van der Waals surface area contributed by atoms with Crippen molar-refractivity contribution in [2.75, 3.05) is 5.06 Å². The molecule has 74 valence electrons. The molecule has 0 aliphatic carbocycles. The quantitative estimate of drug-likeness (QED) is 0.588. The van der Waals surface area contributed by atoms with E-state index in [4.69, 9.17) is 5.11 Å². The Morgan fingerprint density at radius 2 is 2.21 bits per heavy atom. The number of hydroxylamine groups is 1. The molecule has 1 atom stereocenters. The van der Waals surface area contributed by atoms with Crippen molar-refractivity contribution in [1.82, 2.24) is 0 Å². The number of fused-ring (bicyclic) bond motifs is 1. The fourth-order valence-electron chi connectivity index (χ4n) is 1.15. The molecule has 0 saturated heterocycles. The molecule has 1 unspecified atom stereocenters. The van der Waals surface area contributed by atoms with Crippen molar-refractivity contribution in [2.45, 2.75) is 6.29 Å². The van der Waals surface area contributed by atoms with Crippen LogP contribution in [0.4, 0.5) is 10.1 Å². The predicted molar refractivity (Wildman–Crippen MR) is 42.3 cm³/mol. The third-order valence-corrected chi connectivity index (χ3v) is 1.81. The number of benzene rings is 1. The Hall–Kier alpha value is -1.66. The zero-order valence-electron chi connectivity index (χ0n) is 6.85. The van der Waals surface area contributed by atoms with E-state index in [1.165, 1.54) is 6.07 Å². The smallest absolute Gasteiger partial charge is 0.320 e. The Morgan fingerprint density at radius 3 is 2.93 bits per heavy atom. The van der Waals surface area contributed by atoms with E-state index in [9.17, 15) is 14.4 Å². The highest BCUT2D eigenvalue weighted by Crippen LogP contribution is 2.32. The number of carbonyl (C=O) groups is 1. The average Bonchev–Trinajstić information content (AvgIpc) is 2.14. The Kier molecular flexibility index (Phi) is 1.87. The van der Waals surface area contributed by atoms with Gasteiger partial charge in [0.2, 0.25) is 0 Å². The number of ether oxygens (including phenoxy) is 1. The van der Waals surface area contributed by atoms with Gasteiger partial charge in [-0.25, -0.2) is 4.39 Å². The third-order valence-electron chi connectivity index (χ3n) is 1.81. The van der Waals surface area contributed by atoms with Crippen molar-refractivity contribution >= 4 is 11.6 Å². The molecule has 2 rings (SSSR count). The summed E-state index contributed by atoms with van der Waals surface area (Å²) in [4.78, 5) is 11.0. The number of hydrogen-bond donors (Lipinski definition) is 2. The average molecular weight is 199 g/mol. The minimum Gasteiger partial charge on any atom is -0.453 e. The molecule has 6 heteroatoms. The maximum Gasteiger partial charge on any atom is 0.320 e. The molecule has 14 heavy (non-hydrogen) atoms. The van der Waals surface area contributed by atoms with Gasteiger partial charge in [0, 0.05) is 6.07 Å². The molecule has 0 radical (unpaired) electrons. The number of nitrogens with zero attached hydrogens (tertiary/aromatic N) is 1. The SMILES string of the molecule is O=C1C(O)Oc2cc(F)ccc2N1O. The van der Waals surface area contributed by atoms with E-state index in [2.05, 4.69) is 4.74 Å². The largest absolute Gasteiger partial charge is 0.453 e. The lowest BCUT2D eigenvalue weighted by Crippen LogP contribution is -2.43. The molecular formula is C8H6FNO4. The van der Waals surface area contributed by atoms with Gasteiger partial charge in [-0.2, -0.15) is 5.06 Å². The predicted octanol–water partition coefficient (Wildman–Crippen LogP) is 0.259. The fraction of sp³-hybridized carbons (Fsp3) is 0.125. The number of aliphatic hydroxyl groups is 1. The van der Waals surface area contributed by atoms with Gasteiger partial charge in [-0.05, 0) is 12.1 Å². The topological polar surface area (TPSA) is 70.0 Å². The van der Waals surface area contributed by atoms with E-state index in [-0.39, 0.29) is 16.5 Å². The summed E-state index contributed by atoms with van der Waals surface area (Å²) in [5, 5.41) is 18.4. The van der Waals surface area contributed by atoms with Crippen LogP contribution in [0.15, 0.2) is 18.2 Å². The molecule has 2 N–H and O–H groups in total. The number of anilines is 1. The second-order valence-electron chi connectivity index (χ2n) is 2.73.